The maximum Gasteiger partial charge on any atom is 0.247 e. The highest BCUT2D eigenvalue weighted by Gasteiger charge is 2.47. The lowest BCUT2D eigenvalue weighted by Crippen LogP contribution is -2.59. The van der Waals surface area contributed by atoms with Crippen LogP contribution in [0.5, 0.6) is 5.75 Å². The summed E-state index contributed by atoms with van der Waals surface area (Å²) >= 11 is 0. The molecule has 2 saturated heterocycles. The van der Waals surface area contributed by atoms with Gasteiger partial charge in [-0.3, -0.25) is 4.79 Å². The predicted octanol–water partition coefficient (Wildman–Crippen LogP) is 2.32. The van der Waals surface area contributed by atoms with Crippen LogP contribution in [-0.4, -0.2) is 79.1 Å². The van der Waals surface area contributed by atoms with Crippen molar-refractivity contribution in [2.24, 2.45) is 5.92 Å². The summed E-state index contributed by atoms with van der Waals surface area (Å²) < 4.78 is 34.6. The number of rotatable bonds is 3. The van der Waals surface area contributed by atoms with Crippen LogP contribution in [0.4, 0.5) is 0 Å². The molecule has 9 heteroatoms. The molecule has 3 aliphatic rings. The molecule has 3 aliphatic heterocycles. The summed E-state index contributed by atoms with van der Waals surface area (Å²) in [6.07, 6.45) is 1.40. The van der Waals surface area contributed by atoms with Crippen molar-refractivity contribution in [3.05, 3.63) is 23.8 Å². The molecule has 0 aliphatic carbocycles. The monoisotopic (exact) mass is 493 g/mol. The molecule has 2 atom stereocenters. The third-order valence-electron chi connectivity index (χ3n) is 7.42. The lowest BCUT2D eigenvalue weighted by atomic mass is 9.83. The summed E-state index contributed by atoms with van der Waals surface area (Å²) in [5.74, 6) is 0.800. The number of carbonyl (C=O) groups excluding carboxylic acids is 1. The predicted molar refractivity (Wildman–Crippen MR) is 130 cm³/mol. The van der Waals surface area contributed by atoms with E-state index in [0.717, 1.165) is 42.3 Å². The third kappa shape index (κ3) is 5.12. The summed E-state index contributed by atoms with van der Waals surface area (Å²) in [6, 6.07) is 4.26. The lowest BCUT2D eigenvalue weighted by molar-refractivity contribution is -0.127. The number of benzene rings is 1. The number of hydrogen-bond donors (Lipinski definition) is 2. The zero-order valence-corrected chi connectivity index (χ0v) is 21.6. The minimum atomic E-state index is -4.03. The van der Waals surface area contributed by atoms with E-state index in [1.165, 1.54) is 0 Å². The zero-order chi connectivity index (χ0) is 24.7. The molecule has 2 N–H and O–H groups in total. The third-order valence-corrected chi connectivity index (χ3v) is 9.33. The summed E-state index contributed by atoms with van der Waals surface area (Å²) in [7, 11) is -4.03. The molecule has 34 heavy (non-hydrogen) atoms. The van der Waals surface area contributed by atoms with Crippen LogP contribution in [0.15, 0.2) is 23.1 Å². The average Bonchev–Trinajstić information content (AvgIpc) is 3.17. The van der Waals surface area contributed by atoms with Crippen LogP contribution in [0, 0.1) is 5.92 Å². The van der Waals surface area contributed by atoms with Crippen LogP contribution in [-0.2, 0) is 14.8 Å². The fourth-order valence-electron chi connectivity index (χ4n) is 5.44. The van der Waals surface area contributed by atoms with Crippen LogP contribution in [0.2, 0.25) is 0 Å². The maximum absolute atomic E-state index is 13.7. The Morgan fingerprint density at radius 2 is 1.88 bits per heavy atom. The molecular weight excluding hydrogens is 454 g/mol. The van der Waals surface area contributed by atoms with Gasteiger partial charge >= 0.3 is 0 Å². The first-order chi connectivity index (χ1) is 16.0. The first kappa shape index (κ1) is 25.4. The molecule has 1 amide bonds. The average molecular weight is 494 g/mol. The van der Waals surface area contributed by atoms with Gasteiger partial charge in [0.05, 0.1) is 12.7 Å². The summed E-state index contributed by atoms with van der Waals surface area (Å²) in [4.78, 5) is 16.0. The molecule has 8 nitrogen and oxygen atoms in total. The summed E-state index contributed by atoms with van der Waals surface area (Å²) in [5.41, 5.74) is 0.543. The van der Waals surface area contributed by atoms with E-state index >= 15 is 0 Å². The van der Waals surface area contributed by atoms with E-state index in [0.29, 0.717) is 24.7 Å². The molecular formula is C25H39N3O5S. The van der Waals surface area contributed by atoms with E-state index in [9.17, 15) is 18.3 Å². The number of carbonyl (C=O) groups is 1. The van der Waals surface area contributed by atoms with Crippen molar-refractivity contribution in [1.29, 1.82) is 0 Å². The summed E-state index contributed by atoms with van der Waals surface area (Å²) in [6.45, 7) is 11.5. The molecule has 0 aromatic heterocycles. The van der Waals surface area contributed by atoms with E-state index < -0.39 is 27.7 Å². The number of nitrogens with zero attached hydrogens (tertiary/aromatic N) is 2. The highest BCUT2D eigenvalue weighted by molar-refractivity contribution is 7.89. The number of likely N-dealkylation sites (tertiary alicyclic amines) is 1. The zero-order valence-electron chi connectivity index (χ0n) is 20.8. The molecule has 1 spiro atoms. The molecule has 4 rings (SSSR count). The van der Waals surface area contributed by atoms with Crippen molar-refractivity contribution in [3.63, 3.8) is 0 Å². The number of fused-ring (bicyclic) bond motifs is 2. The van der Waals surface area contributed by atoms with Gasteiger partial charge in [0.1, 0.15) is 16.7 Å². The number of ether oxygens (including phenoxy) is 1. The fraction of sp³-hybridized carbons (Fsp3) is 0.720. The second-order valence-corrected chi connectivity index (χ2v) is 12.8. The largest absolute Gasteiger partial charge is 0.492 e. The molecule has 0 saturated carbocycles. The molecule has 0 bridgehead atoms. The van der Waals surface area contributed by atoms with E-state index in [1.54, 1.807) is 12.1 Å². The van der Waals surface area contributed by atoms with Crippen molar-refractivity contribution in [2.45, 2.75) is 81.9 Å². The number of piperidine rings is 1. The second kappa shape index (κ2) is 9.76. The number of amides is 1. The Bertz CT molecular complexity index is 1000. The molecule has 2 fully saturated rings. The Morgan fingerprint density at radius 3 is 2.53 bits per heavy atom. The maximum atomic E-state index is 13.7. The van der Waals surface area contributed by atoms with Crippen LogP contribution in [0.1, 0.15) is 64.9 Å². The number of sulfonamides is 1. The Morgan fingerprint density at radius 1 is 1.18 bits per heavy atom. The van der Waals surface area contributed by atoms with Crippen molar-refractivity contribution in [3.8, 4) is 5.75 Å². The van der Waals surface area contributed by atoms with Gasteiger partial charge in [-0.2, -0.15) is 4.31 Å². The van der Waals surface area contributed by atoms with Gasteiger partial charge in [0.25, 0.3) is 0 Å². The Kier molecular flexibility index (Phi) is 7.29. The molecule has 1 aromatic carbocycles. The SMILES string of the molecule is CC(C)CN1CCC2(CCOc3cc(C(C)C)ccc3S(=O)(=O)N3C[C@H](O)C[C@H]3C(=O)N2)CC1. The Balaban J connectivity index is 1.69. The minimum Gasteiger partial charge on any atom is -0.492 e. The quantitative estimate of drug-likeness (QED) is 0.671. The lowest BCUT2D eigenvalue weighted by Gasteiger charge is -2.43. The number of nitrogens with one attached hydrogen (secondary N) is 1. The standard InChI is InChI=1S/C25H39N3O5S/c1-17(2)15-27-10-7-25(8-11-27)9-12-33-22-13-19(18(3)4)5-6-23(22)34(31,32)28-16-20(29)14-21(28)24(30)26-25/h5-6,13,17-18,20-21,29H,7-12,14-16H2,1-4H3,(H,26,30)/t20-,21+/m1/s1. The highest BCUT2D eigenvalue weighted by atomic mass is 32.2. The smallest absolute Gasteiger partial charge is 0.247 e. The van der Waals surface area contributed by atoms with Crippen molar-refractivity contribution >= 4 is 15.9 Å². The van der Waals surface area contributed by atoms with Gasteiger partial charge in [0, 0.05) is 44.6 Å². The minimum absolute atomic E-state index is 0.0616. The van der Waals surface area contributed by atoms with Crippen molar-refractivity contribution in [2.75, 3.05) is 32.8 Å². The normalized spacial score (nSPS) is 27.7. The van der Waals surface area contributed by atoms with Crippen LogP contribution in [0.25, 0.3) is 0 Å². The van der Waals surface area contributed by atoms with Crippen LogP contribution >= 0.6 is 0 Å². The van der Waals surface area contributed by atoms with Crippen LogP contribution in [0.3, 0.4) is 0 Å². The Labute approximate surface area is 203 Å². The van der Waals surface area contributed by atoms with Gasteiger partial charge < -0.3 is 20.1 Å². The fourth-order valence-corrected chi connectivity index (χ4v) is 7.19. The molecule has 1 aromatic rings. The first-order valence-corrected chi connectivity index (χ1v) is 14.0. The Hall–Kier alpha value is -1.68. The van der Waals surface area contributed by atoms with Crippen molar-refractivity contribution in [1.82, 2.24) is 14.5 Å². The van der Waals surface area contributed by atoms with Gasteiger partial charge in [0.15, 0.2) is 0 Å². The van der Waals surface area contributed by atoms with E-state index in [-0.39, 0.29) is 29.7 Å². The van der Waals surface area contributed by atoms with E-state index in [4.69, 9.17) is 4.74 Å². The van der Waals surface area contributed by atoms with Gasteiger partial charge in [0.2, 0.25) is 15.9 Å². The van der Waals surface area contributed by atoms with E-state index in [2.05, 4.69) is 37.9 Å². The molecule has 0 unspecified atom stereocenters. The van der Waals surface area contributed by atoms with Crippen molar-refractivity contribution < 1.29 is 23.1 Å². The number of hydrogen-bond acceptors (Lipinski definition) is 6. The van der Waals surface area contributed by atoms with E-state index in [1.807, 2.05) is 6.07 Å². The van der Waals surface area contributed by atoms with Gasteiger partial charge in [-0.1, -0.05) is 33.8 Å². The summed E-state index contributed by atoms with van der Waals surface area (Å²) in [5, 5.41) is 13.6. The van der Waals surface area contributed by atoms with Gasteiger partial charge in [-0.15, -0.1) is 0 Å². The van der Waals surface area contributed by atoms with Gasteiger partial charge in [-0.05, 0) is 42.4 Å². The molecule has 3 heterocycles. The van der Waals surface area contributed by atoms with Crippen LogP contribution < -0.4 is 10.1 Å². The second-order valence-electron chi connectivity index (χ2n) is 10.9. The first-order valence-electron chi connectivity index (χ1n) is 12.5. The number of aliphatic hydroxyl groups is 1. The van der Waals surface area contributed by atoms with Gasteiger partial charge in [-0.25, -0.2) is 8.42 Å². The highest BCUT2D eigenvalue weighted by Crippen LogP contribution is 2.36. The molecule has 0 radical (unpaired) electrons. The molecule has 190 valence electrons. The number of aliphatic hydroxyl groups excluding tert-OH is 1. The topological polar surface area (TPSA) is 99.2 Å².